The van der Waals surface area contributed by atoms with Crippen molar-refractivity contribution in [2.45, 2.75) is 39.3 Å². The quantitative estimate of drug-likeness (QED) is 0.794. The summed E-state index contributed by atoms with van der Waals surface area (Å²) < 4.78 is 5.31. The zero-order valence-electron chi connectivity index (χ0n) is 15.8. The van der Waals surface area contributed by atoms with E-state index in [1.54, 1.807) is 19.2 Å². The Bertz CT molecular complexity index is 601. The van der Waals surface area contributed by atoms with Crippen molar-refractivity contribution >= 4 is 29.1 Å². The van der Waals surface area contributed by atoms with Gasteiger partial charge in [0, 0.05) is 43.2 Å². The molecule has 3 rings (SSSR count). The van der Waals surface area contributed by atoms with Gasteiger partial charge in [0.15, 0.2) is 0 Å². The minimum atomic E-state index is 0.0862. The first-order valence-corrected chi connectivity index (χ1v) is 10.1. The Kier molecular flexibility index (Phi) is 8.48. The van der Waals surface area contributed by atoms with Gasteiger partial charge in [-0.05, 0) is 32.0 Å². The summed E-state index contributed by atoms with van der Waals surface area (Å²) in [7, 11) is 1.58. The first-order valence-electron chi connectivity index (χ1n) is 9.33. The number of nitrogens with one attached hydrogen (secondary N) is 2. The van der Waals surface area contributed by atoms with Crippen LogP contribution in [0.2, 0.25) is 10.0 Å². The van der Waals surface area contributed by atoms with E-state index in [4.69, 9.17) is 27.9 Å². The fourth-order valence-electron chi connectivity index (χ4n) is 3.28. The van der Waals surface area contributed by atoms with Gasteiger partial charge in [-0.1, -0.05) is 37.0 Å². The third kappa shape index (κ3) is 5.26. The molecule has 0 saturated carbocycles. The third-order valence-electron chi connectivity index (χ3n) is 4.95. The minimum Gasteiger partial charge on any atom is -0.496 e. The number of methoxy groups -OCH3 is 1. The SMILES string of the molecule is CC.COc1cc(Cl)c(Cl)cc1CNC(=O)C1CCN(C2CNC2)CC1. The van der Waals surface area contributed by atoms with E-state index in [1.807, 2.05) is 13.8 Å². The van der Waals surface area contributed by atoms with E-state index >= 15 is 0 Å². The summed E-state index contributed by atoms with van der Waals surface area (Å²) in [6.45, 7) is 8.55. The number of hydrogen-bond donors (Lipinski definition) is 2. The molecule has 0 atom stereocenters. The fraction of sp³-hybridized carbons (Fsp3) is 0.632. The van der Waals surface area contributed by atoms with Crippen molar-refractivity contribution in [3.8, 4) is 5.75 Å². The Morgan fingerprint density at radius 1 is 1.23 bits per heavy atom. The predicted molar refractivity (Wildman–Crippen MR) is 107 cm³/mol. The highest BCUT2D eigenvalue weighted by atomic mass is 35.5. The summed E-state index contributed by atoms with van der Waals surface area (Å²) in [5.41, 5.74) is 0.832. The molecule has 0 bridgehead atoms. The smallest absolute Gasteiger partial charge is 0.223 e. The van der Waals surface area contributed by atoms with E-state index in [9.17, 15) is 4.79 Å². The van der Waals surface area contributed by atoms with Crippen LogP contribution < -0.4 is 15.4 Å². The third-order valence-corrected chi connectivity index (χ3v) is 5.68. The van der Waals surface area contributed by atoms with E-state index in [0.29, 0.717) is 28.4 Å². The van der Waals surface area contributed by atoms with Gasteiger partial charge in [0.05, 0.1) is 17.2 Å². The molecule has 0 spiro atoms. The van der Waals surface area contributed by atoms with Crippen LogP contribution in [0.4, 0.5) is 0 Å². The van der Waals surface area contributed by atoms with E-state index in [0.717, 1.165) is 44.6 Å². The monoisotopic (exact) mass is 401 g/mol. The number of carbonyl (C=O) groups is 1. The van der Waals surface area contributed by atoms with Crippen LogP contribution >= 0.6 is 23.2 Å². The van der Waals surface area contributed by atoms with Crippen LogP contribution in [0.15, 0.2) is 12.1 Å². The van der Waals surface area contributed by atoms with Crippen LogP contribution in [0.5, 0.6) is 5.75 Å². The van der Waals surface area contributed by atoms with Gasteiger partial charge in [-0.25, -0.2) is 0 Å². The highest BCUT2D eigenvalue weighted by molar-refractivity contribution is 6.42. The lowest BCUT2D eigenvalue weighted by molar-refractivity contribution is -0.126. The molecule has 1 aromatic carbocycles. The van der Waals surface area contributed by atoms with Crippen LogP contribution in [0.1, 0.15) is 32.3 Å². The van der Waals surface area contributed by atoms with E-state index in [-0.39, 0.29) is 11.8 Å². The summed E-state index contributed by atoms with van der Waals surface area (Å²) in [6.07, 6.45) is 1.84. The van der Waals surface area contributed by atoms with Crippen molar-refractivity contribution in [2.75, 3.05) is 33.3 Å². The zero-order valence-corrected chi connectivity index (χ0v) is 17.3. The molecule has 0 aromatic heterocycles. The van der Waals surface area contributed by atoms with Gasteiger partial charge in [-0.15, -0.1) is 0 Å². The van der Waals surface area contributed by atoms with E-state index < -0.39 is 0 Å². The van der Waals surface area contributed by atoms with Gasteiger partial charge in [0.1, 0.15) is 5.75 Å². The van der Waals surface area contributed by atoms with Gasteiger partial charge in [-0.3, -0.25) is 9.69 Å². The predicted octanol–water partition coefficient (Wildman–Crippen LogP) is 3.33. The van der Waals surface area contributed by atoms with Crippen molar-refractivity contribution in [2.24, 2.45) is 5.92 Å². The second-order valence-corrected chi connectivity index (χ2v) is 7.23. The number of halogens is 2. The summed E-state index contributed by atoms with van der Waals surface area (Å²) in [6, 6.07) is 4.08. The number of nitrogens with zero attached hydrogens (tertiary/aromatic N) is 1. The lowest BCUT2D eigenvalue weighted by atomic mass is 9.94. The minimum absolute atomic E-state index is 0.0862. The average molecular weight is 402 g/mol. The number of amides is 1. The van der Waals surface area contributed by atoms with Crippen molar-refractivity contribution in [3.63, 3.8) is 0 Å². The highest BCUT2D eigenvalue weighted by Crippen LogP contribution is 2.30. The molecule has 2 heterocycles. The number of likely N-dealkylation sites (tertiary alicyclic amines) is 1. The number of rotatable bonds is 5. The van der Waals surface area contributed by atoms with Crippen molar-refractivity contribution in [1.82, 2.24) is 15.5 Å². The maximum atomic E-state index is 12.4. The van der Waals surface area contributed by atoms with Crippen molar-refractivity contribution in [1.29, 1.82) is 0 Å². The number of benzene rings is 1. The second-order valence-electron chi connectivity index (χ2n) is 6.42. The molecule has 7 heteroatoms. The maximum Gasteiger partial charge on any atom is 0.223 e. The molecule has 1 aromatic rings. The number of ether oxygens (including phenoxy) is 1. The number of hydrogen-bond acceptors (Lipinski definition) is 4. The van der Waals surface area contributed by atoms with Crippen LogP contribution in [0, 0.1) is 5.92 Å². The number of carbonyl (C=O) groups excluding carboxylic acids is 1. The molecule has 0 radical (unpaired) electrons. The molecule has 26 heavy (non-hydrogen) atoms. The summed E-state index contributed by atoms with van der Waals surface area (Å²) in [5, 5.41) is 7.22. The molecule has 5 nitrogen and oxygen atoms in total. The lowest BCUT2D eigenvalue weighted by Gasteiger charge is -2.41. The fourth-order valence-corrected chi connectivity index (χ4v) is 3.62. The van der Waals surface area contributed by atoms with Gasteiger partial charge in [-0.2, -0.15) is 0 Å². The Morgan fingerprint density at radius 2 is 1.85 bits per heavy atom. The van der Waals surface area contributed by atoms with Crippen LogP contribution in [-0.2, 0) is 11.3 Å². The van der Waals surface area contributed by atoms with Gasteiger partial charge in [0.2, 0.25) is 5.91 Å². The van der Waals surface area contributed by atoms with Crippen LogP contribution in [0.25, 0.3) is 0 Å². The molecular formula is C19H29Cl2N3O2. The van der Waals surface area contributed by atoms with E-state index in [2.05, 4.69) is 15.5 Å². The molecule has 2 aliphatic rings. The molecule has 2 fully saturated rings. The Labute approximate surface area is 166 Å². The van der Waals surface area contributed by atoms with E-state index in [1.165, 1.54) is 0 Å². The first kappa shape index (κ1) is 21.3. The normalized spacial score (nSPS) is 18.5. The summed E-state index contributed by atoms with van der Waals surface area (Å²) >= 11 is 12.1. The lowest BCUT2D eigenvalue weighted by Crippen LogP contribution is -2.59. The first-order chi connectivity index (χ1) is 12.6. The topological polar surface area (TPSA) is 53.6 Å². The molecule has 1 amide bonds. The molecule has 2 saturated heterocycles. The summed E-state index contributed by atoms with van der Waals surface area (Å²) in [4.78, 5) is 14.9. The molecule has 2 aliphatic heterocycles. The summed E-state index contributed by atoms with van der Waals surface area (Å²) in [5.74, 6) is 0.828. The maximum absolute atomic E-state index is 12.4. The molecule has 0 aliphatic carbocycles. The zero-order chi connectivity index (χ0) is 19.1. The van der Waals surface area contributed by atoms with Crippen LogP contribution in [0.3, 0.4) is 0 Å². The Balaban J connectivity index is 0.00000117. The number of piperidine rings is 1. The highest BCUT2D eigenvalue weighted by Gasteiger charge is 2.31. The Hall–Kier alpha value is -1.01. The molecular weight excluding hydrogens is 373 g/mol. The van der Waals surface area contributed by atoms with Gasteiger partial charge >= 0.3 is 0 Å². The molecule has 146 valence electrons. The van der Waals surface area contributed by atoms with Crippen LogP contribution in [-0.4, -0.2) is 50.1 Å². The van der Waals surface area contributed by atoms with Gasteiger partial charge in [0.25, 0.3) is 0 Å². The molecule has 0 unspecified atom stereocenters. The van der Waals surface area contributed by atoms with Crippen molar-refractivity contribution in [3.05, 3.63) is 27.7 Å². The van der Waals surface area contributed by atoms with Gasteiger partial charge < -0.3 is 15.4 Å². The molecule has 2 N–H and O–H groups in total. The Morgan fingerprint density at radius 3 is 2.38 bits per heavy atom. The average Bonchev–Trinajstić information content (AvgIpc) is 2.63. The standard InChI is InChI=1S/C17H23Cl2N3O2.C2H6/c1-24-16-7-15(19)14(18)6-12(16)8-21-17(23)11-2-4-22(5-3-11)13-9-20-10-13;1-2/h6-7,11,13,20H,2-5,8-10H2,1H3,(H,21,23);1-2H3. The largest absolute Gasteiger partial charge is 0.496 e. The second kappa shape index (κ2) is 10.4. The van der Waals surface area contributed by atoms with Crippen molar-refractivity contribution < 1.29 is 9.53 Å².